The standard InChI is InChI=1S/C13H11BrN4O3S/c14-8-3-1-2-4-10(8)18(13(15)19)11-5-6-16-9-7-22(20,21)17-12(9)11/h1-6,17H,7H2,(H2,15,19). The number of hydrogen-bond acceptors (Lipinski definition) is 4. The molecule has 7 nitrogen and oxygen atoms in total. The SMILES string of the molecule is NC(=O)N(c1ccccc1Br)c1ccnc2c1NS(=O)(=O)C2. The molecule has 0 saturated heterocycles. The lowest BCUT2D eigenvalue weighted by molar-refractivity contribution is 0.256. The molecule has 0 spiro atoms. The molecule has 0 bridgehead atoms. The Labute approximate surface area is 135 Å². The maximum absolute atomic E-state index is 11.9. The summed E-state index contributed by atoms with van der Waals surface area (Å²) in [4.78, 5) is 17.2. The van der Waals surface area contributed by atoms with Crippen molar-refractivity contribution in [2.24, 2.45) is 5.73 Å². The minimum absolute atomic E-state index is 0.223. The Bertz CT molecular complexity index is 869. The summed E-state index contributed by atoms with van der Waals surface area (Å²) in [6.45, 7) is 0. The molecule has 3 rings (SSSR count). The van der Waals surface area contributed by atoms with Crippen LogP contribution in [0.2, 0.25) is 0 Å². The van der Waals surface area contributed by atoms with Gasteiger partial charge in [-0.1, -0.05) is 12.1 Å². The third-order valence-corrected chi connectivity index (χ3v) is 4.99. The number of amides is 2. The highest BCUT2D eigenvalue weighted by atomic mass is 79.9. The zero-order valence-corrected chi connectivity index (χ0v) is 13.6. The minimum Gasteiger partial charge on any atom is -0.351 e. The molecule has 9 heteroatoms. The van der Waals surface area contributed by atoms with E-state index >= 15 is 0 Å². The van der Waals surface area contributed by atoms with Gasteiger partial charge in [0.1, 0.15) is 5.75 Å². The molecule has 2 heterocycles. The van der Waals surface area contributed by atoms with Crippen LogP contribution in [0.15, 0.2) is 41.0 Å². The summed E-state index contributed by atoms with van der Waals surface area (Å²) in [6, 6.07) is 7.82. The molecule has 1 aliphatic heterocycles. The fourth-order valence-electron chi connectivity index (χ4n) is 2.27. The van der Waals surface area contributed by atoms with E-state index in [1.54, 1.807) is 24.3 Å². The number of carbonyl (C=O) groups is 1. The normalized spacial score (nSPS) is 15.0. The van der Waals surface area contributed by atoms with E-state index in [9.17, 15) is 13.2 Å². The first-order valence-electron chi connectivity index (χ1n) is 6.21. The van der Waals surface area contributed by atoms with Gasteiger partial charge in [-0.2, -0.15) is 0 Å². The quantitative estimate of drug-likeness (QED) is 0.830. The van der Waals surface area contributed by atoms with E-state index in [0.29, 0.717) is 21.5 Å². The predicted octanol–water partition coefficient (Wildman–Crippen LogP) is 2.32. The van der Waals surface area contributed by atoms with Crippen molar-refractivity contribution in [3.63, 3.8) is 0 Å². The number of urea groups is 1. The molecule has 22 heavy (non-hydrogen) atoms. The second-order valence-corrected chi connectivity index (χ2v) is 7.21. The van der Waals surface area contributed by atoms with Crippen LogP contribution in [-0.2, 0) is 15.8 Å². The summed E-state index contributed by atoms with van der Waals surface area (Å²) < 4.78 is 26.5. The monoisotopic (exact) mass is 382 g/mol. The molecule has 1 aromatic heterocycles. The zero-order valence-electron chi connectivity index (χ0n) is 11.2. The topological polar surface area (TPSA) is 105 Å². The summed E-state index contributed by atoms with van der Waals surface area (Å²) in [5, 5.41) is 0. The van der Waals surface area contributed by atoms with Gasteiger partial charge in [-0.15, -0.1) is 0 Å². The van der Waals surface area contributed by atoms with E-state index < -0.39 is 16.1 Å². The van der Waals surface area contributed by atoms with E-state index in [4.69, 9.17) is 5.73 Å². The number of aromatic nitrogens is 1. The Morgan fingerprint density at radius 2 is 2.00 bits per heavy atom. The molecular formula is C13H11BrN4O3S. The first-order chi connectivity index (χ1) is 10.4. The molecule has 0 unspecified atom stereocenters. The number of fused-ring (bicyclic) bond motifs is 1. The second-order valence-electron chi connectivity index (χ2n) is 4.64. The molecule has 2 amide bonds. The van der Waals surface area contributed by atoms with Gasteiger partial charge in [0.05, 0.1) is 22.8 Å². The Balaban J connectivity index is 2.19. The Hall–Kier alpha value is -2.13. The second kappa shape index (κ2) is 5.25. The highest BCUT2D eigenvalue weighted by Gasteiger charge is 2.31. The average Bonchev–Trinajstić information content (AvgIpc) is 2.75. The van der Waals surface area contributed by atoms with Gasteiger partial charge in [0.15, 0.2) is 0 Å². The van der Waals surface area contributed by atoms with Crippen LogP contribution in [0.5, 0.6) is 0 Å². The maximum Gasteiger partial charge on any atom is 0.323 e. The largest absolute Gasteiger partial charge is 0.351 e. The summed E-state index contributed by atoms with van der Waals surface area (Å²) in [5.74, 6) is -0.223. The van der Waals surface area contributed by atoms with E-state index in [0.717, 1.165) is 0 Å². The number of anilines is 3. The van der Waals surface area contributed by atoms with E-state index in [2.05, 4.69) is 25.6 Å². The van der Waals surface area contributed by atoms with Crippen LogP contribution >= 0.6 is 15.9 Å². The molecule has 3 N–H and O–H groups in total. The Morgan fingerprint density at radius 3 is 2.68 bits per heavy atom. The van der Waals surface area contributed by atoms with Crippen molar-refractivity contribution < 1.29 is 13.2 Å². The molecule has 0 fully saturated rings. The number of pyridine rings is 1. The van der Waals surface area contributed by atoms with Crippen LogP contribution in [0.3, 0.4) is 0 Å². The van der Waals surface area contributed by atoms with Crippen LogP contribution in [0, 0.1) is 0 Å². The third-order valence-electron chi connectivity index (χ3n) is 3.15. The van der Waals surface area contributed by atoms with Crippen LogP contribution < -0.4 is 15.4 Å². The fourth-order valence-corrected chi connectivity index (χ4v) is 3.92. The molecule has 0 saturated carbocycles. The summed E-state index contributed by atoms with van der Waals surface area (Å²) in [5.41, 5.74) is 6.98. The molecular weight excluding hydrogens is 372 g/mol. The summed E-state index contributed by atoms with van der Waals surface area (Å²) in [7, 11) is -3.48. The number of nitrogens with one attached hydrogen (secondary N) is 1. The number of rotatable bonds is 2. The van der Waals surface area contributed by atoms with E-state index in [-0.39, 0.29) is 11.4 Å². The minimum atomic E-state index is -3.48. The smallest absolute Gasteiger partial charge is 0.323 e. The van der Waals surface area contributed by atoms with Crippen LogP contribution in [0.4, 0.5) is 21.9 Å². The maximum atomic E-state index is 11.9. The lowest BCUT2D eigenvalue weighted by Gasteiger charge is -2.23. The van der Waals surface area contributed by atoms with Crippen molar-refractivity contribution in [2.45, 2.75) is 5.75 Å². The predicted molar refractivity (Wildman–Crippen MR) is 86.3 cm³/mol. The van der Waals surface area contributed by atoms with Gasteiger partial charge in [-0.05, 0) is 34.1 Å². The lowest BCUT2D eigenvalue weighted by Crippen LogP contribution is -2.32. The van der Waals surface area contributed by atoms with Crippen molar-refractivity contribution in [3.05, 3.63) is 46.7 Å². The number of para-hydroxylation sites is 1. The van der Waals surface area contributed by atoms with Crippen molar-refractivity contribution in [3.8, 4) is 0 Å². The van der Waals surface area contributed by atoms with Gasteiger partial charge in [0, 0.05) is 10.7 Å². The van der Waals surface area contributed by atoms with Gasteiger partial charge in [0.25, 0.3) is 0 Å². The number of sulfonamides is 1. The van der Waals surface area contributed by atoms with Gasteiger partial charge < -0.3 is 5.73 Å². The first kappa shape index (κ1) is 14.8. The first-order valence-corrected chi connectivity index (χ1v) is 8.66. The van der Waals surface area contributed by atoms with Crippen molar-refractivity contribution in [1.29, 1.82) is 0 Å². The number of primary amides is 1. The molecule has 0 radical (unpaired) electrons. The summed E-state index contributed by atoms with van der Waals surface area (Å²) in [6.07, 6.45) is 1.45. The molecule has 114 valence electrons. The van der Waals surface area contributed by atoms with Gasteiger partial charge in [-0.25, -0.2) is 13.2 Å². The number of carbonyl (C=O) groups excluding carboxylic acids is 1. The highest BCUT2D eigenvalue weighted by Crippen LogP contribution is 2.40. The van der Waals surface area contributed by atoms with Gasteiger partial charge in [-0.3, -0.25) is 14.6 Å². The van der Waals surface area contributed by atoms with Crippen LogP contribution in [0.25, 0.3) is 0 Å². The number of hydrogen-bond donors (Lipinski definition) is 2. The Morgan fingerprint density at radius 1 is 1.27 bits per heavy atom. The molecule has 1 aliphatic rings. The van der Waals surface area contributed by atoms with E-state index in [1.807, 2.05) is 0 Å². The van der Waals surface area contributed by atoms with Crippen molar-refractivity contribution in [2.75, 3.05) is 9.62 Å². The van der Waals surface area contributed by atoms with Gasteiger partial charge >= 0.3 is 6.03 Å². The lowest BCUT2D eigenvalue weighted by atomic mass is 10.2. The number of nitrogens with two attached hydrogens (primary N) is 1. The fraction of sp³-hybridized carbons (Fsp3) is 0.0769. The summed E-state index contributed by atoms with van der Waals surface area (Å²) >= 11 is 3.36. The average molecular weight is 383 g/mol. The van der Waals surface area contributed by atoms with Gasteiger partial charge in [0.2, 0.25) is 10.0 Å². The zero-order chi connectivity index (χ0) is 15.9. The van der Waals surface area contributed by atoms with Crippen molar-refractivity contribution >= 4 is 49.0 Å². The Kier molecular flexibility index (Phi) is 3.53. The van der Waals surface area contributed by atoms with Crippen LogP contribution in [-0.4, -0.2) is 19.4 Å². The highest BCUT2D eigenvalue weighted by molar-refractivity contribution is 9.10. The molecule has 0 aliphatic carbocycles. The number of benzene rings is 1. The molecule has 1 aromatic carbocycles. The number of halogens is 1. The van der Waals surface area contributed by atoms with Crippen molar-refractivity contribution in [1.82, 2.24) is 4.98 Å². The van der Waals surface area contributed by atoms with Crippen LogP contribution in [0.1, 0.15) is 5.69 Å². The third kappa shape index (κ3) is 2.53. The molecule has 0 atom stereocenters. The number of nitrogens with zero attached hydrogens (tertiary/aromatic N) is 2. The molecule has 2 aromatic rings. The van der Waals surface area contributed by atoms with E-state index in [1.165, 1.54) is 17.2 Å².